The fourth-order valence-electron chi connectivity index (χ4n) is 4.61. The molecule has 2 heterocycles. The molecule has 4 rings (SSSR count). The number of carbonyl (C=O) groups excluding carboxylic acids is 4. The minimum atomic E-state index is -1.10. The molecule has 7 nitrogen and oxygen atoms in total. The van der Waals surface area contributed by atoms with E-state index >= 15 is 0 Å². The molecule has 2 fully saturated rings. The van der Waals surface area contributed by atoms with Crippen LogP contribution in [0.25, 0.3) is 0 Å². The average Bonchev–Trinajstić information content (AvgIpc) is 3.08. The molecule has 0 bridgehead atoms. The predicted molar refractivity (Wildman–Crippen MR) is 120 cm³/mol. The standard InChI is InChI=1S/C24H24ClN3O4/c1-15(29)16-6-8-17(9-7-16)21(30)28-12-10-19(11-13-28)24(22(31)26-23(32)27-24)14-18-4-2-3-5-20(18)25/h2-9,19H,10-14H2,1H3,(H2,26,27,31,32)/t24-/m1/s1. The smallest absolute Gasteiger partial charge is 0.322 e. The quantitative estimate of drug-likeness (QED) is 0.536. The summed E-state index contributed by atoms with van der Waals surface area (Å²) in [4.78, 5) is 51.1. The van der Waals surface area contributed by atoms with E-state index in [1.54, 1.807) is 35.2 Å². The molecule has 2 aromatic carbocycles. The molecule has 2 saturated heterocycles. The number of halogens is 1. The molecule has 0 radical (unpaired) electrons. The van der Waals surface area contributed by atoms with Crippen molar-refractivity contribution in [2.45, 2.75) is 31.7 Å². The Morgan fingerprint density at radius 1 is 1.03 bits per heavy atom. The van der Waals surface area contributed by atoms with E-state index in [1.165, 1.54) is 6.92 Å². The van der Waals surface area contributed by atoms with Crippen LogP contribution in [0, 0.1) is 5.92 Å². The van der Waals surface area contributed by atoms with Gasteiger partial charge in [-0.05, 0) is 49.4 Å². The fourth-order valence-corrected chi connectivity index (χ4v) is 4.81. The molecular weight excluding hydrogens is 430 g/mol. The summed E-state index contributed by atoms with van der Waals surface area (Å²) in [5, 5.41) is 5.78. The van der Waals surface area contributed by atoms with Gasteiger partial charge in [-0.3, -0.25) is 19.7 Å². The Hall–Kier alpha value is -3.19. The number of imide groups is 1. The van der Waals surface area contributed by atoms with Crippen molar-refractivity contribution in [3.8, 4) is 0 Å². The van der Waals surface area contributed by atoms with Crippen LogP contribution in [0.1, 0.15) is 46.0 Å². The van der Waals surface area contributed by atoms with Gasteiger partial charge in [-0.1, -0.05) is 41.9 Å². The van der Waals surface area contributed by atoms with E-state index in [-0.39, 0.29) is 29.9 Å². The summed E-state index contributed by atoms with van der Waals surface area (Å²) in [6.07, 6.45) is 1.42. The number of piperidine rings is 1. The summed E-state index contributed by atoms with van der Waals surface area (Å²) in [5.41, 5.74) is 0.770. The Morgan fingerprint density at radius 2 is 1.66 bits per heavy atom. The zero-order valence-corrected chi connectivity index (χ0v) is 18.4. The number of nitrogens with zero attached hydrogens (tertiary/aromatic N) is 1. The van der Waals surface area contributed by atoms with Crippen molar-refractivity contribution in [3.63, 3.8) is 0 Å². The summed E-state index contributed by atoms with van der Waals surface area (Å²) in [6, 6.07) is 13.4. The van der Waals surface area contributed by atoms with Gasteiger partial charge in [0, 0.05) is 35.7 Å². The van der Waals surface area contributed by atoms with Crippen LogP contribution in [0.4, 0.5) is 4.79 Å². The van der Waals surface area contributed by atoms with Crippen LogP contribution in [-0.2, 0) is 11.2 Å². The number of rotatable bonds is 5. The van der Waals surface area contributed by atoms with Gasteiger partial charge < -0.3 is 10.2 Å². The lowest BCUT2D eigenvalue weighted by atomic mass is 9.74. The number of urea groups is 1. The molecule has 0 unspecified atom stereocenters. The highest BCUT2D eigenvalue weighted by Crippen LogP contribution is 2.35. The second kappa shape index (κ2) is 8.74. The molecule has 0 aliphatic carbocycles. The van der Waals surface area contributed by atoms with Crippen molar-refractivity contribution in [2.75, 3.05) is 13.1 Å². The van der Waals surface area contributed by atoms with E-state index in [0.717, 1.165) is 5.56 Å². The molecule has 0 saturated carbocycles. The lowest BCUT2D eigenvalue weighted by molar-refractivity contribution is -0.126. The molecule has 166 valence electrons. The number of amides is 4. The second-order valence-corrected chi connectivity index (χ2v) is 8.75. The maximum absolute atomic E-state index is 12.9. The monoisotopic (exact) mass is 453 g/mol. The summed E-state index contributed by atoms with van der Waals surface area (Å²) < 4.78 is 0. The summed E-state index contributed by atoms with van der Waals surface area (Å²) in [6.45, 7) is 2.41. The number of nitrogens with one attached hydrogen (secondary N) is 2. The first-order chi connectivity index (χ1) is 15.3. The molecule has 0 spiro atoms. The maximum Gasteiger partial charge on any atom is 0.322 e. The number of Topliss-reactive ketones (excluding diaryl/α,β-unsaturated/α-hetero) is 1. The zero-order valence-electron chi connectivity index (χ0n) is 17.7. The van der Waals surface area contributed by atoms with E-state index in [2.05, 4.69) is 10.6 Å². The van der Waals surface area contributed by atoms with Crippen LogP contribution in [-0.4, -0.2) is 47.2 Å². The fraction of sp³-hybridized carbons (Fsp3) is 0.333. The van der Waals surface area contributed by atoms with Crippen LogP contribution >= 0.6 is 11.6 Å². The number of ketones is 1. The Labute approximate surface area is 191 Å². The largest absolute Gasteiger partial charge is 0.339 e. The molecule has 2 N–H and O–H groups in total. The highest BCUT2D eigenvalue weighted by molar-refractivity contribution is 6.31. The minimum Gasteiger partial charge on any atom is -0.339 e. The number of carbonyl (C=O) groups is 4. The normalized spacial score (nSPS) is 21.2. The van der Waals surface area contributed by atoms with Gasteiger partial charge in [0.2, 0.25) is 0 Å². The number of likely N-dealkylation sites (tertiary alicyclic amines) is 1. The zero-order chi connectivity index (χ0) is 22.9. The van der Waals surface area contributed by atoms with E-state index < -0.39 is 11.6 Å². The maximum atomic E-state index is 12.9. The van der Waals surface area contributed by atoms with Crippen molar-refractivity contribution in [2.24, 2.45) is 5.92 Å². The van der Waals surface area contributed by atoms with Gasteiger partial charge in [0.05, 0.1) is 0 Å². The van der Waals surface area contributed by atoms with E-state index in [9.17, 15) is 19.2 Å². The Balaban J connectivity index is 1.50. The average molecular weight is 454 g/mol. The third kappa shape index (κ3) is 4.12. The molecule has 2 aliphatic heterocycles. The van der Waals surface area contributed by atoms with Crippen LogP contribution in [0.5, 0.6) is 0 Å². The summed E-state index contributed by atoms with van der Waals surface area (Å²) in [5.74, 6) is -0.662. The summed E-state index contributed by atoms with van der Waals surface area (Å²) in [7, 11) is 0. The molecule has 1 atom stereocenters. The SMILES string of the molecule is CC(=O)c1ccc(C(=O)N2CCC([C@@]3(Cc4ccccc4Cl)NC(=O)NC3=O)CC2)cc1. The molecular formula is C24H24ClN3O4. The van der Waals surface area contributed by atoms with E-state index in [0.29, 0.717) is 42.1 Å². The predicted octanol–water partition coefficient (Wildman–Crippen LogP) is 3.22. The van der Waals surface area contributed by atoms with Crippen molar-refractivity contribution in [1.29, 1.82) is 0 Å². The number of benzene rings is 2. The van der Waals surface area contributed by atoms with E-state index in [1.807, 2.05) is 18.2 Å². The van der Waals surface area contributed by atoms with Crippen LogP contribution in [0.15, 0.2) is 48.5 Å². The first kappa shape index (κ1) is 22.0. The lowest BCUT2D eigenvalue weighted by Crippen LogP contribution is -2.58. The third-order valence-electron chi connectivity index (χ3n) is 6.41. The van der Waals surface area contributed by atoms with Crippen molar-refractivity contribution in [3.05, 3.63) is 70.2 Å². The van der Waals surface area contributed by atoms with Crippen LogP contribution in [0.3, 0.4) is 0 Å². The topological polar surface area (TPSA) is 95.6 Å². The molecule has 4 amide bonds. The first-order valence-corrected chi connectivity index (χ1v) is 11.0. The third-order valence-corrected chi connectivity index (χ3v) is 6.78. The first-order valence-electron chi connectivity index (χ1n) is 10.6. The van der Waals surface area contributed by atoms with Crippen LogP contribution in [0.2, 0.25) is 5.02 Å². The molecule has 2 aromatic rings. The van der Waals surface area contributed by atoms with Crippen molar-refractivity contribution < 1.29 is 19.2 Å². The second-order valence-electron chi connectivity index (χ2n) is 8.35. The van der Waals surface area contributed by atoms with Gasteiger partial charge in [-0.25, -0.2) is 4.79 Å². The van der Waals surface area contributed by atoms with Gasteiger partial charge in [0.25, 0.3) is 11.8 Å². The van der Waals surface area contributed by atoms with Crippen molar-refractivity contribution in [1.82, 2.24) is 15.5 Å². The van der Waals surface area contributed by atoms with Gasteiger partial charge in [0.15, 0.2) is 5.78 Å². The van der Waals surface area contributed by atoms with Gasteiger partial charge >= 0.3 is 6.03 Å². The van der Waals surface area contributed by atoms with Gasteiger partial charge in [-0.15, -0.1) is 0 Å². The Bertz CT molecular complexity index is 1080. The van der Waals surface area contributed by atoms with E-state index in [4.69, 9.17) is 11.6 Å². The Kier molecular flexibility index (Phi) is 6.02. The lowest BCUT2D eigenvalue weighted by Gasteiger charge is -2.41. The number of hydrogen-bond donors (Lipinski definition) is 2. The number of hydrogen-bond acceptors (Lipinski definition) is 4. The van der Waals surface area contributed by atoms with Crippen LogP contribution < -0.4 is 10.6 Å². The Morgan fingerprint density at radius 3 is 2.22 bits per heavy atom. The summed E-state index contributed by atoms with van der Waals surface area (Å²) >= 11 is 6.33. The molecule has 8 heteroatoms. The van der Waals surface area contributed by atoms with Crippen molar-refractivity contribution >= 4 is 35.2 Å². The highest BCUT2D eigenvalue weighted by Gasteiger charge is 2.52. The highest BCUT2D eigenvalue weighted by atomic mass is 35.5. The van der Waals surface area contributed by atoms with Gasteiger partial charge in [0.1, 0.15) is 5.54 Å². The minimum absolute atomic E-state index is 0.0504. The molecule has 0 aromatic heterocycles. The van der Waals surface area contributed by atoms with Gasteiger partial charge in [-0.2, -0.15) is 0 Å². The molecule has 32 heavy (non-hydrogen) atoms. The molecule has 2 aliphatic rings.